The van der Waals surface area contributed by atoms with E-state index in [1.54, 1.807) is 13.4 Å². The number of nitrogens with zero attached hydrogens (tertiary/aromatic N) is 3. The van der Waals surface area contributed by atoms with Gasteiger partial charge in [0.05, 0.1) is 12.7 Å². The molecule has 2 aliphatic rings. The summed E-state index contributed by atoms with van der Waals surface area (Å²) in [6.45, 7) is 5.48. The van der Waals surface area contributed by atoms with Gasteiger partial charge in [-0.2, -0.15) is 0 Å². The number of aromatic nitrogens is 2. The summed E-state index contributed by atoms with van der Waals surface area (Å²) in [6.07, 6.45) is 6.74. The lowest BCUT2D eigenvalue weighted by Gasteiger charge is -2.32. The summed E-state index contributed by atoms with van der Waals surface area (Å²) in [6, 6.07) is 0.670. The first-order valence-corrected chi connectivity index (χ1v) is 7.62. The van der Waals surface area contributed by atoms with Crippen LogP contribution in [0.25, 0.3) is 0 Å². The SMILES string of the molecule is COc1ncnc(N(CC2CCNCC2)C2CC2)c1C. The molecule has 5 nitrogen and oxygen atoms in total. The number of rotatable bonds is 5. The van der Waals surface area contributed by atoms with Gasteiger partial charge in [-0.1, -0.05) is 0 Å². The van der Waals surface area contributed by atoms with E-state index in [2.05, 4.69) is 27.1 Å². The van der Waals surface area contributed by atoms with Crippen molar-refractivity contribution in [2.75, 3.05) is 31.6 Å². The summed E-state index contributed by atoms with van der Waals surface area (Å²) in [5.41, 5.74) is 1.07. The summed E-state index contributed by atoms with van der Waals surface area (Å²) in [5.74, 6) is 2.54. The number of nitrogens with one attached hydrogen (secondary N) is 1. The van der Waals surface area contributed by atoms with E-state index in [0.29, 0.717) is 11.9 Å². The molecule has 1 N–H and O–H groups in total. The van der Waals surface area contributed by atoms with Gasteiger partial charge >= 0.3 is 0 Å². The molecule has 1 aromatic rings. The molecular weight excluding hydrogens is 252 g/mol. The molecule has 110 valence electrons. The van der Waals surface area contributed by atoms with Crippen LogP contribution < -0.4 is 15.0 Å². The number of hydrogen-bond donors (Lipinski definition) is 1. The molecule has 1 saturated carbocycles. The Kier molecular flexibility index (Phi) is 4.05. The Morgan fingerprint density at radius 3 is 2.65 bits per heavy atom. The lowest BCUT2D eigenvalue weighted by Crippen LogP contribution is -2.38. The Labute approximate surface area is 120 Å². The van der Waals surface area contributed by atoms with Crippen LogP contribution in [-0.2, 0) is 0 Å². The standard InChI is InChI=1S/C15H24N4O/c1-11-14(17-10-18-15(11)20-2)19(13-3-4-13)9-12-5-7-16-8-6-12/h10,12-13,16H,3-9H2,1-2H3. The van der Waals surface area contributed by atoms with Crippen molar-refractivity contribution in [2.45, 2.75) is 38.6 Å². The third-order valence-corrected chi connectivity index (χ3v) is 4.38. The van der Waals surface area contributed by atoms with Crippen LogP contribution in [0.5, 0.6) is 5.88 Å². The molecule has 0 unspecified atom stereocenters. The van der Waals surface area contributed by atoms with Crippen LogP contribution in [0.3, 0.4) is 0 Å². The van der Waals surface area contributed by atoms with Gasteiger partial charge in [0, 0.05) is 12.6 Å². The van der Waals surface area contributed by atoms with Crippen LogP contribution in [-0.4, -0.2) is 42.8 Å². The van der Waals surface area contributed by atoms with E-state index in [4.69, 9.17) is 4.74 Å². The topological polar surface area (TPSA) is 50.3 Å². The first-order valence-electron chi connectivity index (χ1n) is 7.62. The van der Waals surface area contributed by atoms with Gasteiger partial charge in [0.15, 0.2) is 0 Å². The number of piperidine rings is 1. The number of anilines is 1. The number of ether oxygens (including phenoxy) is 1. The minimum atomic E-state index is 0.670. The highest BCUT2D eigenvalue weighted by molar-refractivity contribution is 5.52. The summed E-state index contributed by atoms with van der Waals surface area (Å²) >= 11 is 0. The fourth-order valence-electron chi connectivity index (χ4n) is 3.06. The monoisotopic (exact) mass is 276 g/mol. The third-order valence-electron chi connectivity index (χ3n) is 4.38. The van der Waals surface area contributed by atoms with Crippen LogP contribution in [0.4, 0.5) is 5.82 Å². The summed E-state index contributed by atoms with van der Waals surface area (Å²) in [4.78, 5) is 11.2. The predicted molar refractivity (Wildman–Crippen MR) is 79.3 cm³/mol. The Bertz CT molecular complexity index is 455. The second kappa shape index (κ2) is 5.95. The first kappa shape index (κ1) is 13.6. The van der Waals surface area contributed by atoms with E-state index in [1.807, 2.05) is 0 Å². The van der Waals surface area contributed by atoms with Crippen LogP contribution >= 0.6 is 0 Å². The zero-order chi connectivity index (χ0) is 13.9. The van der Waals surface area contributed by atoms with Crippen LogP contribution in [0, 0.1) is 12.8 Å². The Morgan fingerprint density at radius 1 is 1.25 bits per heavy atom. The predicted octanol–water partition coefficient (Wildman–Crippen LogP) is 1.76. The minimum absolute atomic E-state index is 0.670. The van der Waals surface area contributed by atoms with E-state index >= 15 is 0 Å². The van der Waals surface area contributed by atoms with Crippen molar-refractivity contribution in [1.82, 2.24) is 15.3 Å². The van der Waals surface area contributed by atoms with Crippen LogP contribution in [0.15, 0.2) is 6.33 Å². The molecule has 0 bridgehead atoms. The molecule has 2 heterocycles. The molecule has 1 saturated heterocycles. The average molecular weight is 276 g/mol. The zero-order valence-corrected chi connectivity index (χ0v) is 12.4. The molecular formula is C15H24N4O. The molecule has 20 heavy (non-hydrogen) atoms. The summed E-state index contributed by atoms with van der Waals surface area (Å²) < 4.78 is 5.34. The first-order chi connectivity index (χ1) is 9.79. The molecule has 2 fully saturated rings. The van der Waals surface area contributed by atoms with Gasteiger partial charge < -0.3 is 15.0 Å². The van der Waals surface area contributed by atoms with Crippen molar-refractivity contribution in [2.24, 2.45) is 5.92 Å². The fraction of sp³-hybridized carbons (Fsp3) is 0.733. The molecule has 0 amide bonds. The molecule has 1 aliphatic heterocycles. The van der Waals surface area contributed by atoms with Crippen molar-refractivity contribution in [3.63, 3.8) is 0 Å². The van der Waals surface area contributed by atoms with Crippen molar-refractivity contribution < 1.29 is 4.74 Å². The van der Waals surface area contributed by atoms with E-state index in [1.165, 1.54) is 25.7 Å². The maximum atomic E-state index is 5.34. The lowest BCUT2D eigenvalue weighted by atomic mass is 9.97. The molecule has 1 aromatic heterocycles. The molecule has 0 aromatic carbocycles. The average Bonchev–Trinajstić information content (AvgIpc) is 3.31. The quantitative estimate of drug-likeness (QED) is 0.888. The van der Waals surface area contributed by atoms with E-state index in [-0.39, 0.29) is 0 Å². The normalized spacial score (nSPS) is 19.9. The number of hydrogen-bond acceptors (Lipinski definition) is 5. The highest BCUT2D eigenvalue weighted by Gasteiger charge is 2.33. The fourth-order valence-corrected chi connectivity index (χ4v) is 3.06. The van der Waals surface area contributed by atoms with Crippen molar-refractivity contribution in [3.05, 3.63) is 11.9 Å². The largest absolute Gasteiger partial charge is 0.481 e. The smallest absolute Gasteiger partial charge is 0.221 e. The van der Waals surface area contributed by atoms with Crippen molar-refractivity contribution in [3.8, 4) is 5.88 Å². The second-order valence-electron chi connectivity index (χ2n) is 5.91. The lowest BCUT2D eigenvalue weighted by molar-refractivity contribution is 0.370. The van der Waals surface area contributed by atoms with Gasteiger partial charge in [-0.3, -0.25) is 0 Å². The second-order valence-corrected chi connectivity index (χ2v) is 5.91. The maximum absolute atomic E-state index is 5.34. The summed E-state index contributed by atoms with van der Waals surface area (Å²) in [7, 11) is 1.67. The Hall–Kier alpha value is -1.36. The van der Waals surface area contributed by atoms with Gasteiger partial charge in [0.2, 0.25) is 5.88 Å². The molecule has 1 aliphatic carbocycles. The van der Waals surface area contributed by atoms with Gasteiger partial charge in [-0.15, -0.1) is 0 Å². The van der Waals surface area contributed by atoms with Gasteiger partial charge in [0.25, 0.3) is 0 Å². The van der Waals surface area contributed by atoms with Crippen molar-refractivity contribution >= 4 is 5.82 Å². The molecule has 3 rings (SSSR count). The molecule has 0 radical (unpaired) electrons. The molecule has 0 atom stereocenters. The third kappa shape index (κ3) is 2.87. The van der Waals surface area contributed by atoms with Crippen LogP contribution in [0.1, 0.15) is 31.2 Å². The maximum Gasteiger partial charge on any atom is 0.221 e. The zero-order valence-electron chi connectivity index (χ0n) is 12.4. The van der Waals surface area contributed by atoms with E-state index < -0.39 is 0 Å². The van der Waals surface area contributed by atoms with Gasteiger partial charge in [-0.25, -0.2) is 9.97 Å². The highest BCUT2D eigenvalue weighted by Crippen LogP contribution is 2.35. The van der Waals surface area contributed by atoms with E-state index in [0.717, 1.165) is 36.9 Å². The molecule has 5 heteroatoms. The minimum Gasteiger partial charge on any atom is -0.481 e. The molecule has 0 spiro atoms. The summed E-state index contributed by atoms with van der Waals surface area (Å²) in [5, 5.41) is 3.44. The van der Waals surface area contributed by atoms with Crippen molar-refractivity contribution in [1.29, 1.82) is 0 Å². The number of methoxy groups -OCH3 is 1. The van der Waals surface area contributed by atoms with Gasteiger partial charge in [0.1, 0.15) is 12.1 Å². The Balaban J connectivity index is 1.79. The van der Waals surface area contributed by atoms with Gasteiger partial charge in [-0.05, 0) is 51.6 Å². The Morgan fingerprint density at radius 2 is 2.00 bits per heavy atom. The highest BCUT2D eigenvalue weighted by atomic mass is 16.5. The van der Waals surface area contributed by atoms with Crippen LogP contribution in [0.2, 0.25) is 0 Å². The van der Waals surface area contributed by atoms with E-state index in [9.17, 15) is 0 Å².